The SMILES string of the molecule is Cc1cccc2c3ccccc3n(-c3ccc(-c4ccc(-n5c6ccccc6c6cccc(C)c65)cc4)cc3)c12. The molecule has 0 spiro atoms. The van der Waals surface area contributed by atoms with Gasteiger partial charge in [0.15, 0.2) is 0 Å². The molecule has 0 atom stereocenters. The quantitative estimate of drug-likeness (QED) is 0.223. The molecular weight excluding hydrogens is 484 g/mol. The van der Waals surface area contributed by atoms with Crippen LogP contribution in [-0.4, -0.2) is 9.13 Å². The van der Waals surface area contributed by atoms with Crippen LogP contribution in [0.25, 0.3) is 66.1 Å². The van der Waals surface area contributed by atoms with Crippen LogP contribution in [0.5, 0.6) is 0 Å². The van der Waals surface area contributed by atoms with Gasteiger partial charge in [0.2, 0.25) is 0 Å². The number of nitrogens with zero attached hydrogens (tertiary/aromatic N) is 2. The number of rotatable bonds is 3. The summed E-state index contributed by atoms with van der Waals surface area (Å²) in [6, 6.07) is 48.5. The van der Waals surface area contributed by atoms with Gasteiger partial charge in [-0.3, -0.25) is 0 Å². The van der Waals surface area contributed by atoms with Crippen LogP contribution < -0.4 is 0 Å². The molecule has 2 heterocycles. The molecule has 2 aromatic heterocycles. The van der Waals surface area contributed by atoms with E-state index in [0.29, 0.717) is 0 Å². The zero-order valence-electron chi connectivity index (χ0n) is 22.6. The van der Waals surface area contributed by atoms with E-state index in [1.807, 2.05) is 0 Å². The summed E-state index contributed by atoms with van der Waals surface area (Å²) in [6.07, 6.45) is 0. The van der Waals surface area contributed by atoms with Gasteiger partial charge in [-0.1, -0.05) is 97.1 Å². The summed E-state index contributed by atoms with van der Waals surface area (Å²) in [6.45, 7) is 4.40. The molecule has 0 amide bonds. The number of hydrogen-bond acceptors (Lipinski definition) is 0. The Balaban J connectivity index is 1.21. The number of aryl methyl sites for hydroxylation is 2. The van der Waals surface area contributed by atoms with Crippen LogP contribution in [0.4, 0.5) is 0 Å². The van der Waals surface area contributed by atoms with Crippen LogP contribution in [0.15, 0.2) is 133 Å². The topological polar surface area (TPSA) is 9.86 Å². The van der Waals surface area contributed by atoms with Crippen LogP contribution >= 0.6 is 0 Å². The number of para-hydroxylation sites is 4. The standard InChI is InChI=1S/C38H28N2/c1-25-9-7-13-33-31-11-3-5-15-35(31)39(37(25)33)29-21-17-27(18-22-29)28-19-23-30(24-20-28)40-36-16-6-4-12-32(36)34-14-8-10-26(2)38(34)40/h3-24H,1-2H3. The lowest BCUT2D eigenvalue weighted by Crippen LogP contribution is -1.96. The highest BCUT2D eigenvalue weighted by Gasteiger charge is 2.15. The highest BCUT2D eigenvalue weighted by molar-refractivity contribution is 6.11. The van der Waals surface area contributed by atoms with Crippen LogP contribution in [0, 0.1) is 13.8 Å². The van der Waals surface area contributed by atoms with Crippen LogP contribution in [0.2, 0.25) is 0 Å². The van der Waals surface area contributed by atoms with Gasteiger partial charge < -0.3 is 9.13 Å². The molecule has 0 bridgehead atoms. The summed E-state index contributed by atoms with van der Waals surface area (Å²) in [5, 5.41) is 5.19. The zero-order chi connectivity index (χ0) is 26.8. The molecular formula is C38H28N2. The highest BCUT2D eigenvalue weighted by Crippen LogP contribution is 2.36. The Bertz CT molecular complexity index is 2050. The molecule has 40 heavy (non-hydrogen) atoms. The monoisotopic (exact) mass is 512 g/mol. The molecule has 0 fully saturated rings. The number of fused-ring (bicyclic) bond motifs is 6. The van der Waals surface area contributed by atoms with Gasteiger partial charge in [0.05, 0.1) is 22.1 Å². The van der Waals surface area contributed by atoms with Gasteiger partial charge in [-0.15, -0.1) is 0 Å². The van der Waals surface area contributed by atoms with E-state index in [0.717, 1.165) is 0 Å². The minimum absolute atomic E-state index is 1.18. The molecule has 8 aromatic rings. The van der Waals surface area contributed by atoms with E-state index in [4.69, 9.17) is 0 Å². The van der Waals surface area contributed by atoms with Crippen molar-refractivity contribution in [2.24, 2.45) is 0 Å². The predicted molar refractivity (Wildman–Crippen MR) is 170 cm³/mol. The average Bonchev–Trinajstić information content (AvgIpc) is 3.53. The first kappa shape index (κ1) is 22.9. The van der Waals surface area contributed by atoms with Gasteiger partial charge in [0.1, 0.15) is 0 Å². The molecule has 0 N–H and O–H groups in total. The van der Waals surface area contributed by atoms with Gasteiger partial charge >= 0.3 is 0 Å². The molecule has 0 radical (unpaired) electrons. The Hall–Kier alpha value is -5.08. The summed E-state index contributed by atoms with van der Waals surface area (Å²) in [5.41, 5.74) is 12.4. The molecule has 8 rings (SSSR count). The Labute approximate surface area is 233 Å². The molecule has 6 aromatic carbocycles. The van der Waals surface area contributed by atoms with Gasteiger partial charge in [0.25, 0.3) is 0 Å². The van der Waals surface area contributed by atoms with Crippen molar-refractivity contribution in [2.45, 2.75) is 13.8 Å². The molecule has 2 nitrogen and oxygen atoms in total. The van der Waals surface area contributed by atoms with Crippen LogP contribution in [-0.2, 0) is 0 Å². The minimum atomic E-state index is 1.18. The van der Waals surface area contributed by atoms with Crippen molar-refractivity contribution in [3.63, 3.8) is 0 Å². The summed E-state index contributed by atoms with van der Waals surface area (Å²) in [7, 11) is 0. The van der Waals surface area contributed by atoms with Crippen LogP contribution in [0.3, 0.4) is 0 Å². The van der Waals surface area contributed by atoms with Gasteiger partial charge in [-0.25, -0.2) is 0 Å². The van der Waals surface area contributed by atoms with Crippen molar-refractivity contribution >= 4 is 43.6 Å². The van der Waals surface area contributed by atoms with Gasteiger partial charge in [-0.2, -0.15) is 0 Å². The molecule has 0 aliphatic heterocycles. The minimum Gasteiger partial charge on any atom is -0.309 e. The van der Waals surface area contributed by atoms with E-state index < -0.39 is 0 Å². The maximum absolute atomic E-state index is 2.40. The van der Waals surface area contributed by atoms with E-state index >= 15 is 0 Å². The van der Waals surface area contributed by atoms with E-state index in [2.05, 4.69) is 156 Å². The summed E-state index contributed by atoms with van der Waals surface area (Å²) in [4.78, 5) is 0. The molecule has 0 unspecified atom stereocenters. The smallest absolute Gasteiger partial charge is 0.0570 e. The molecule has 2 heteroatoms. The fourth-order valence-corrected chi connectivity index (χ4v) is 6.52. The van der Waals surface area contributed by atoms with Crippen molar-refractivity contribution < 1.29 is 0 Å². The summed E-state index contributed by atoms with van der Waals surface area (Å²) >= 11 is 0. The van der Waals surface area contributed by atoms with E-state index in [-0.39, 0.29) is 0 Å². The third-order valence-corrected chi connectivity index (χ3v) is 8.38. The van der Waals surface area contributed by atoms with Crippen molar-refractivity contribution in [1.29, 1.82) is 0 Å². The van der Waals surface area contributed by atoms with Gasteiger partial charge in [0, 0.05) is 32.9 Å². The first-order valence-corrected chi connectivity index (χ1v) is 13.9. The van der Waals surface area contributed by atoms with Crippen molar-refractivity contribution in [3.8, 4) is 22.5 Å². The van der Waals surface area contributed by atoms with Crippen LogP contribution in [0.1, 0.15) is 11.1 Å². The lowest BCUT2D eigenvalue weighted by atomic mass is 10.0. The zero-order valence-corrected chi connectivity index (χ0v) is 22.6. The highest BCUT2D eigenvalue weighted by atomic mass is 15.0. The number of aromatic nitrogens is 2. The first-order valence-electron chi connectivity index (χ1n) is 13.9. The summed E-state index contributed by atoms with van der Waals surface area (Å²) in [5.74, 6) is 0. The van der Waals surface area contributed by atoms with Gasteiger partial charge in [-0.05, 0) is 72.5 Å². The summed E-state index contributed by atoms with van der Waals surface area (Å²) < 4.78 is 4.80. The van der Waals surface area contributed by atoms with E-state index in [9.17, 15) is 0 Å². The lowest BCUT2D eigenvalue weighted by Gasteiger charge is -2.12. The third kappa shape index (κ3) is 3.29. The number of hydrogen-bond donors (Lipinski definition) is 0. The Morgan fingerprint density at radius 1 is 0.350 bits per heavy atom. The molecule has 190 valence electrons. The average molecular weight is 513 g/mol. The molecule has 0 saturated heterocycles. The Kier molecular flexibility index (Phi) is 4.99. The third-order valence-electron chi connectivity index (χ3n) is 8.38. The van der Waals surface area contributed by atoms with Crippen molar-refractivity contribution in [3.05, 3.63) is 145 Å². The van der Waals surface area contributed by atoms with Crippen molar-refractivity contribution in [2.75, 3.05) is 0 Å². The number of benzene rings is 6. The van der Waals surface area contributed by atoms with Crippen molar-refractivity contribution in [1.82, 2.24) is 9.13 Å². The Morgan fingerprint density at radius 2 is 0.725 bits per heavy atom. The van der Waals surface area contributed by atoms with E-state index in [1.54, 1.807) is 0 Å². The molecule has 0 saturated carbocycles. The normalized spacial score (nSPS) is 11.8. The largest absolute Gasteiger partial charge is 0.309 e. The predicted octanol–water partition coefficient (Wildman–Crippen LogP) is 10.2. The lowest BCUT2D eigenvalue weighted by molar-refractivity contribution is 1.16. The maximum Gasteiger partial charge on any atom is 0.0570 e. The first-order chi connectivity index (χ1) is 19.7. The maximum atomic E-state index is 2.40. The second kappa shape index (κ2) is 8.72. The molecule has 0 aliphatic carbocycles. The second-order valence-electron chi connectivity index (χ2n) is 10.7. The fraction of sp³-hybridized carbons (Fsp3) is 0.0526. The second-order valence-corrected chi connectivity index (χ2v) is 10.7. The molecule has 0 aliphatic rings. The Morgan fingerprint density at radius 3 is 1.15 bits per heavy atom. The van der Waals surface area contributed by atoms with E-state index in [1.165, 1.54) is 77.2 Å². The fourth-order valence-electron chi connectivity index (χ4n) is 6.52.